The molecule has 0 atom stereocenters. The van der Waals surface area contributed by atoms with Crippen molar-refractivity contribution in [3.8, 4) is 0 Å². The molecular weight excluding hydrogens is 422 g/mol. The van der Waals surface area contributed by atoms with Crippen LogP contribution in [0.2, 0.25) is 5.02 Å². The van der Waals surface area contributed by atoms with Gasteiger partial charge in [0.05, 0.1) is 0 Å². The Bertz CT molecular complexity index is 1100. The summed E-state index contributed by atoms with van der Waals surface area (Å²) in [5.41, 5.74) is 3.17. The first-order valence-electron chi connectivity index (χ1n) is 10.3. The fourth-order valence-corrected chi connectivity index (χ4v) is 3.11. The van der Waals surface area contributed by atoms with Gasteiger partial charge in [0, 0.05) is 10.6 Å². The standard InChI is InChI=1S/C27H26ClNO3/c1-27(2,3)22-13-11-21(12-14-22)25(30)29-24(17-19-9-15-23(28)16-10-19)26(31)32-18-20-7-5-4-6-8-20/h4-17H,18H2,1-3H3,(H,29,30). The summed E-state index contributed by atoms with van der Waals surface area (Å²) in [6.45, 7) is 6.43. The molecule has 0 aliphatic carbocycles. The molecule has 0 radical (unpaired) electrons. The summed E-state index contributed by atoms with van der Waals surface area (Å²) in [6, 6.07) is 23.7. The predicted molar refractivity (Wildman–Crippen MR) is 128 cm³/mol. The molecule has 32 heavy (non-hydrogen) atoms. The highest BCUT2D eigenvalue weighted by atomic mass is 35.5. The molecule has 164 valence electrons. The van der Waals surface area contributed by atoms with Crippen LogP contribution >= 0.6 is 11.6 Å². The van der Waals surface area contributed by atoms with Crippen LogP contribution in [0.25, 0.3) is 6.08 Å². The third-order valence-electron chi connectivity index (χ3n) is 4.87. The number of carbonyl (C=O) groups excluding carboxylic acids is 2. The normalized spacial score (nSPS) is 11.7. The van der Waals surface area contributed by atoms with Crippen molar-refractivity contribution in [3.05, 3.63) is 112 Å². The Balaban J connectivity index is 1.80. The van der Waals surface area contributed by atoms with Crippen LogP contribution in [0, 0.1) is 0 Å². The smallest absolute Gasteiger partial charge is 0.355 e. The second kappa shape index (κ2) is 10.3. The summed E-state index contributed by atoms with van der Waals surface area (Å²) in [5, 5.41) is 3.29. The molecule has 5 heteroatoms. The predicted octanol–water partition coefficient (Wildman–Crippen LogP) is 6.15. The first-order chi connectivity index (χ1) is 15.2. The summed E-state index contributed by atoms with van der Waals surface area (Å²) in [7, 11) is 0. The second-order valence-corrected chi connectivity index (χ2v) is 8.89. The molecule has 3 aromatic carbocycles. The van der Waals surface area contributed by atoms with Gasteiger partial charge in [-0.2, -0.15) is 0 Å². The highest BCUT2D eigenvalue weighted by Crippen LogP contribution is 2.22. The number of esters is 1. The molecule has 0 bridgehead atoms. The minimum Gasteiger partial charge on any atom is -0.456 e. The van der Waals surface area contributed by atoms with Crippen LogP contribution in [-0.4, -0.2) is 11.9 Å². The first kappa shape index (κ1) is 23.3. The van der Waals surface area contributed by atoms with Crippen molar-refractivity contribution in [1.82, 2.24) is 5.32 Å². The topological polar surface area (TPSA) is 55.4 Å². The molecule has 0 heterocycles. The van der Waals surface area contributed by atoms with Gasteiger partial charge in [-0.15, -0.1) is 0 Å². The number of hydrogen-bond acceptors (Lipinski definition) is 3. The lowest BCUT2D eigenvalue weighted by Gasteiger charge is -2.19. The Morgan fingerprint density at radius 1 is 0.906 bits per heavy atom. The van der Waals surface area contributed by atoms with Crippen LogP contribution in [0.4, 0.5) is 0 Å². The van der Waals surface area contributed by atoms with Gasteiger partial charge in [0.2, 0.25) is 0 Å². The van der Waals surface area contributed by atoms with Crippen molar-refractivity contribution in [2.45, 2.75) is 32.8 Å². The summed E-state index contributed by atoms with van der Waals surface area (Å²) < 4.78 is 5.44. The highest BCUT2D eigenvalue weighted by Gasteiger charge is 2.18. The third kappa shape index (κ3) is 6.56. The van der Waals surface area contributed by atoms with Gasteiger partial charge >= 0.3 is 5.97 Å². The van der Waals surface area contributed by atoms with E-state index in [1.165, 1.54) is 0 Å². The van der Waals surface area contributed by atoms with Crippen LogP contribution in [0.15, 0.2) is 84.6 Å². The van der Waals surface area contributed by atoms with Gasteiger partial charge in [-0.05, 0) is 52.4 Å². The molecule has 0 spiro atoms. The van der Waals surface area contributed by atoms with Crippen LogP contribution in [0.3, 0.4) is 0 Å². The zero-order valence-corrected chi connectivity index (χ0v) is 19.1. The maximum absolute atomic E-state index is 12.9. The maximum atomic E-state index is 12.9. The van der Waals surface area contributed by atoms with Crippen LogP contribution in [-0.2, 0) is 21.6 Å². The number of carbonyl (C=O) groups is 2. The van der Waals surface area contributed by atoms with E-state index >= 15 is 0 Å². The van der Waals surface area contributed by atoms with Gasteiger partial charge in [0.15, 0.2) is 0 Å². The first-order valence-corrected chi connectivity index (χ1v) is 10.7. The van der Waals surface area contributed by atoms with Crippen LogP contribution in [0.5, 0.6) is 0 Å². The van der Waals surface area contributed by atoms with E-state index in [0.717, 1.165) is 11.1 Å². The molecule has 0 aliphatic rings. The average molecular weight is 448 g/mol. The van der Waals surface area contributed by atoms with Crippen molar-refractivity contribution in [3.63, 3.8) is 0 Å². The molecule has 3 rings (SSSR count). The van der Waals surface area contributed by atoms with Crippen molar-refractivity contribution < 1.29 is 14.3 Å². The SMILES string of the molecule is CC(C)(C)c1ccc(C(=O)NC(=Cc2ccc(Cl)cc2)C(=O)OCc2ccccc2)cc1. The molecule has 3 aromatic rings. The number of rotatable bonds is 6. The molecule has 0 aliphatic heterocycles. The Morgan fingerprint density at radius 3 is 2.12 bits per heavy atom. The molecular formula is C27H26ClNO3. The quantitative estimate of drug-likeness (QED) is 0.364. The molecule has 4 nitrogen and oxygen atoms in total. The summed E-state index contributed by atoms with van der Waals surface area (Å²) in [5.74, 6) is -1.01. The van der Waals surface area contributed by atoms with Crippen molar-refractivity contribution in [2.75, 3.05) is 0 Å². The minimum atomic E-state index is -0.622. The van der Waals surface area contributed by atoms with Crippen LogP contribution in [0.1, 0.15) is 47.8 Å². The number of benzene rings is 3. The molecule has 0 fully saturated rings. The lowest BCUT2D eigenvalue weighted by atomic mass is 9.87. The summed E-state index contributed by atoms with van der Waals surface area (Å²) in [4.78, 5) is 25.7. The minimum absolute atomic E-state index is 0.0180. The third-order valence-corrected chi connectivity index (χ3v) is 5.13. The zero-order valence-electron chi connectivity index (χ0n) is 18.4. The van der Waals surface area contributed by atoms with E-state index < -0.39 is 5.97 Å². The summed E-state index contributed by atoms with van der Waals surface area (Å²) in [6.07, 6.45) is 1.57. The van der Waals surface area contributed by atoms with Crippen molar-refractivity contribution in [2.24, 2.45) is 0 Å². The molecule has 1 amide bonds. The van der Waals surface area contributed by atoms with Crippen molar-refractivity contribution >= 4 is 29.6 Å². The number of amides is 1. The van der Waals surface area contributed by atoms with E-state index in [4.69, 9.17) is 16.3 Å². The fourth-order valence-electron chi connectivity index (χ4n) is 2.99. The number of halogens is 1. The van der Waals surface area contributed by atoms with E-state index in [9.17, 15) is 9.59 Å². The number of hydrogen-bond donors (Lipinski definition) is 1. The largest absolute Gasteiger partial charge is 0.456 e. The Labute approximate surface area is 193 Å². The Morgan fingerprint density at radius 2 is 1.53 bits per heavy atom. The molecule has 1 N–H and O–H groups in total. The van der Waals surface area contributed by atoms with E-state index in [1.54, 1.807) is 42.5 Å². The number of ether oxygens (including phenoxy) is 1. The monoisotopic (exact) mass is 447 g/mol. The Hall–Kier alpha value is -3.37. The van der Waals surface area contributed by atoms with E-state index in [-0.39, 0.29) is 23.6 Å². The fraction of sp³-hybridized carbons (Fsp3) is 0.185. The highest BCUT2D eigenvalue weighted by molar-refractivity contribution is 6.30. The van der Waals surface area contributed by atoms with Gasteiger partial charge in [-0.3, -0.25) is 4.79 Å². The van der Waals surface area contributed by atoms with Crippen molar-refractivity contribution in [1.29, 1.82) is 0 Å². The second-order valence-electron chi connectivity index (χ2n) is 8.45. The van der Waals surface area contributed by atoms with Gasteiger partial charge in [-0.25, -0.2) is 4.79 Å². The average Bonchev–Trinajstić information content (AvgIpc) is 2.78. The zero-order chi connectivity index (χ0) is 23.1. The maximum Gasteiger partial charge on any atom is 0.355 e. The molecule has 0 saturated carbocycles. The van der Waals surface area contributed by atoms with Gasteiger partial charge in [0.25, 0.3) is 5.91 Å². The lowest BCUT2D eigenvalue weighted by Crippen LogP contribution is -2.28. The van der Waals surface area contributed by atoms with Gasteiger partial charge < -0.3 is 10.1 Å². The van der Waals surface area contributed by atoms with Gasteiger partial charge in [-0.1, -0.05) is 87.0 Å². The van der Waals surface area contributed by atoms with Gasteiger partial charge in [0.1, 0.15) is 12.3 Å². The van der Waals surface area contributed by atoms with Crippen LogP contribution < -0.4 is 5.32 Å². The lowest BCUT2D eigenvalue weighted by molar-refractivity contribution is -0.140. The van der Waals surface area contributed by atoms with E-state index in [1.807, 2.05) is 42.5 Å². The van der Waals surface area contributed by atoms with E-state index in [2.05, 4.69) is 26.1 Å². The number of nitrogens with one attached hydrogen (secondary N) is 1. The Kier molecular flexibility index (Phi) is 7.49. The summed E-state index contributed by atoms with van der Waals surface area (Å²) >= 11 is 5.96. The molecule has 0 aromatic heterocycles. The molecule has 0 unspecified atom stereocenters. The molecule has 0 saturated heterocycles. The van der Waals surface area contributed by atoms with E-state index in [0.29, 0.717) is 16.1 Å².